The van der Waals surface area contributed by atoms with Crippen LogP contribution in [0.5, 0.6) is 0 Å². The molecule has 1 fully saturated rings. The highest BCUT2D eigenvalue weighted by atomic mass is 35.5. The van der Waals surface area contributed by atoms with Crippen LogP contribution >= 0.6 is 11.6 Å². The number of benzene rings is 1. The zero-order chi connectivity index (χ0) is 12.0. The molecule has 2 aliphatic rings. The molecule has 1 saturated heterocycles. The minimum Gasteiger partial charge on any atom is -0.308 e. The lowest BCUT2D eigenvalue weighted by Gasteiger charge is -2.18. The monoisotopic (exact) mass is 249 g/mol. The molecule has 0 aliphatic carbocycles. The number of hydrogen-bond acceptors (Lipinski definition) is 3. The number of carbonyl (C=O) groups excluding carboxylic acids is 2. The van der Waals surface area contributed by atoms with Gasteiger partial charge >= 0.3 is 11.8 Å². The number of hydrogen-bond donors (Lipinski definition) is 0. The van der Waals surface area contributed by atoms with Crippen LogP contribution in [0.3, 0.4) is 0 Å². The summed E-state index contributed by atoms with van der Waals surface area (Å²) in [6.07, 6.45) is 0. The van der Waals surface area contributed by atoms with Gasteiger partial charge in [-0.05, 0) is 12.1 Å². The summed E-state index contributed by atoms with van der Waals surface area (Å²) in [4.78, 5) is 29.6. The van der Waals surface area contributed by atoms with Gasteiger partial charge in [0.1, 0.15) is 0 Å². The van der Waals surface area contributed by atoms with E-state index in [4.69, 9.17) is 11.6 Å². The molecule has 86 valence electrons. The molecule has 3 rings (SSSR count). The number of carbonyl (C=O) groups is 2. The molecular formula is C11H8ClN3O2. The smallest absolute Gasteiger partial charge is 0.308 e. The van der Waals surface area contributed by atoms with E-state index in [0.29, 0.717) is 24.1 Å². The first kappa shape index (κ1) is 10.3. The van der Waals surface area contributed by atoms with Crippen molar-refractivity contribution in [2.24, 2.45) is 4.99 Å². The van der Waals surface area contributed by atoms with E-state index in [9.17, 15) is 9.59 Å². The third-order valence-corrected chi connectivity index (χ3v) is 3.12. The maximum Gasteiger partial charge on any atom is 0.338 e. The van der Waals surface area contributed by atoms with Gasteiger partial charge in [-0.25, -0.2) is 0 Å². The predicted molar refractivity (Wildman–Crippen MR) is 63.0 cm³/mol. The molecular weight excluding hydrogens is 242 g/mol. The molecule has 0 atom stereocenters. The second-order valence-corrected chi connectivity index (χ2v) is 4.18. The van der Waals surface area contributed by atoms with Crippen molar-refractivity contribution in [1.29, 1.82) is 0 Å². The fourth-order valence-electron chi connectivity index (χ4n) is 2.01. The Balaban J connectivity index is 2.03. The van der Waals surface area contributed by atoms with Gasteiger partial charge in [0, 0.05) is 13.1 Å². The lowest BCUT2D eigenvalue weighted by atomic mass is 10.3. The summed E-state index contributed by atoms with van der Waals surface area (Å²) in [6, 6.07) is 7.27. The highest BCUT2D eigenvalue weighted by molar-refractivity contribution is 6.45. The summed E-state index contributed by atoms with van der Waals surface area (Å²) in [5, 5.41) is 0.573. The zero-order valence-electron chi connectivity index (χ0n) is 8.76. The maximum atomic E-state index is 11.5. The van der Waals surface area contributed by atoms with E-state index in [-0.39, 0.29) is 0 Å². The minimum absolute atomic E-state index is 0.383. The van der Waals surface area contributed by atoms with Crippen molar-refractivity contribution in [1.82, 2.24) is 4.90 Å². The van der Waals surface area contributed by atoms with Gasteiger partial charge in [0.05, 0.1) is 10.7 Å². The summed E-state index contributed by atoms with van der Waals surface area (Å²) >= 11 is 6.08. The second kappa shape index (κ2) is 3.56. The van der Waals surface area contributed by atoms with Crippen molar-refractivity contribution in [3.05, 3.63) is 29.3 Å². The molecule has 0 unspecified atom stereocenters. The van der Waals surface area contributed by atoms with Gasteiger partial charge < -0.3 is 4.90 Å². The number of guanidine groups is 1. The fourth-order valence-corrected chi connectivity index (χ4v) is 2.25. The summed E-state index contributed by atoms with van der Waals surface area (Å²) in [5.41, 5.74) is 0.762. The van der Waals surface area contributed by atoms with Gasteiger partial charge in [0.2, 0.25) is 5.96 Å². The van der Waals surface area contributed by atoms with Crippen molar-refractivity contribution in [2.45, 2.75) is 0 Å². The number of aliphatic imine (C=N–C) groups is 1. The van der Waals surface area contributed by atoms with E-state index in [2.05, 4.69) is 4.99 Å². The molecule has 2 heterocycles. The molecule has 0 spiro atoms. The van der Waals surface area contributed by atoms with E-state index in [1.54, 1.807) is 11.0 Å². The molecule has 0 radical (unpaired) electrons. The van der Waals surface area contributed by atoms with Crippen LogP contribution in [0.15, 0.2) is 29.3 Å². The zero-order valence-corrected chi connectivity index (χ0v) is 9.52. The lowest BCUT2D eigenvalue weighted by molar-refractivity contribution is -0.139. The van der Waals surface area contributed by atoms with Gasteiger partial charge in [-0.2, -0.15) is 4.99 Å². The highest BCUT2D eigenvalue weighted by Crippen LogP contribution is 2.29. The van der Waals surface area contributed by atoms with Crippen molar-refractivity contribution >= 4 is 35.1 Å². The van der Waals surface area contributed by atoms with E-state index < -0.39 is 11.8 Å². The topological polar surface area (TPSA) is 53.0 Å². The van der Waals surface area contributed by atoms with Crippen LogP contribution in [0.2, 0.25) is 5.02 Å². The number of nitrogens with zero attached hydrogens (tertiary/aromatic N) is 3. The average molecular weight is 250 g/mol. The van der Waals surface area contributed by atoms with Crippen LogP contribution in [-0.2, 0) is 9.59 Å². The standard InChI is InChI=1S/C11H8ClN3O2/c12-7-3-1-2-4-8(7)14-5-6-15-10(17)9(16)13-11(14)15/h1-4H,5-6H2. The van der Waals surface area contributed by atoms with Crippen molar-refractivity contribution in [3.63, 3.8) is 0 Å². The molecule has 5 nitrogen and oxygen atoms in total. The number of anilines is 1. The van der Waals surface area contributed by atoms with Crippen LogP contribution in [-0.4, -0.2) is 35.8 Å². The van der Waals surface area contributed by atoms with Crippen LogP contribution in [0.25, 0.3) is 0 Å². The van der Waals surface area contributed by atoms with Gasteiger partial charge in [0.15, 0.2) is 0 Å². The Morgan fingerprint density at radius 2 is 1.82 bits per heavy atom. The molecule has 17 heavy (non-hydrogen) atoms. The number of rotatable bonds is 1. The fraction of sp³-hybridized carbons (Fsp3) is 0.182. The Morgan fingerprint density at radius 3 is 2.59 bits per heavy atom. The summed E-state index contributed by atoms with van der Waals surface area (Å²) in [6.45, 7) is 1.07. The number of halogens is 1. The molecule has 2 amide bonds. The summed E-state index contributed by atoms with van der Waals surface area (Å²) in [5.74, 6) is -0.889. The van der Waals surface area contributed by atoms with Crippen LogP contribution < -0.4 is 4.90 Å². The number of amides is 2. The van der Waals surface area contributed by atoms with Gasteiger partial charge in [-0.15, -0.1) is 0 Å². The molecule has 1 aromatic rings. The highest BCUT2D eigenvalue weighted by Gasteiger charge is 2.41. The van der Waals surface area contributed by atoms with Crippen molar-refractivity contribution in [2.75, 3.05) is 18.0 Å². The van der Waals surface area contributed by atoms with E-state index in [0.717, 1.165) is 5.69 Å². The Labute approximate surface area is 102 Å². The van der Waals surface area contributed by atoms with Crippen LogP contribution in [0, 0.1) is 0 Å². The Bertz CT molecular complexity index is 555. The van der Waals surface area contributed by atoms with Crippen molar-refractivity contribution < 1.29 is 9.59 Å². The molecule has 6 heteroatoms. The van der Waals surface area contributed by atoms with Crippen molar-refractivity contribution in [3.8, 4) is 0 Å². The molecule has 0 bridgehead atoms. The molecule has 0 saturated carbocycles. The third kappa shape index (κ3) is 1.43. The second-order valence-electron chi connectivity index (χ2n) is 3.78. The third-order valence-electron chi connectivity index (χ3n) is 2.80. The largest absolute Gasteiger partial charge is 0.338 e. The first-order valence-corrected chi connectivity index (χ1v) is 5.53. The minimum atomic E-state index is -0.711. The summed E-state index contributed by atoms with van der Waals surface area (Å²) < 4.78 is 0. The molecule has 0 N–H and O–H groups in total. The van der Waals surface area contributed by atoms with Crippen LogP contribution in [0.4, 0.5) is 5.69 Å². The van der Waals surface area contributed by atoms with Gasteiger partial charge in [0.25, 0.3) is 0 Å². The first-order chi connectivity index (χ1) is 8.18. The van der Waals surface area contributed by atoms with E-state index >= 15 is 0 Å². The molecule has 0 aromatic heterocycles. The quantitative estimate of drug-likeness (QED) is 0.695. The first-order valence-electron chi connectivity index (χ1n) is 5.15. The Kier molecular flexibility index (Phi) is 2.16. The Hall–Kier alpha value is -1.88. The number of para-hydroxylation sites is 1. The number of fused-ring (bicyclic) bond motifs is 1. The van der Waals surface area contributed by atoms with E-state index in [1.165, 1.54) is 4.90 Å². The SMILES string of the molecule is O=C1N=C2N(CCN2c2ccccc2Cl)C1=O. The lowest BCUT2D eigenvalue weighted by Crippen LogP contribution is -2.33. The normalized spacial score (nSPS) is 18.8. The molecule has 2 aliphatic heterocycles. The predicted octanol–water partition coefficient (Wildman–Crippen LogP) is 0.885. The molecule has 1 aromatic carbocycles. The Morgan fingerprint density at radius 1 is 1.12 bits per heavy atom. The average Bonchev–Trinajstić information content (AvgIpc) is 2.83. The maximum absolute atomic E-state index is 11.5. The van der Waals surface area contributed by atoms with Crippen LogP contribution in [0.1, 0.15) is 0 Å². The van der Waals surface area contributed by atoms with E-state index in [1.807, 2.05) is 18.2 Å². The van der Waals surface area contributed by atoms with Gasteiger partial charge in [-0.3, -0.25) is 14.5 Å². The summed E-state index contributed by atoms with van der Waals surface area (Å²) in [7, 11) is 0. The van der Waals surface area contributed by atoms with Gasteiger partial charge in [-0.1, -0.05) is 23.7 Å².